The van der Waals surface area contributed by atoms with E-state index in [0.29, 0.717) is 0 Å². The van der Waals surface area contributed by atoms with Crippen LogP contribution in [0.1, 0.15) is 12.0 Å². The number of rotatable bonds is 1. The number of hydrogen-bond donors (Lipinski definition) is 0. The van der Waals surface area contributed by atoms with Crippen molar-refractivity contribution >= 4 is 5.57 Å². The van der Waals surface area contributed by atoms with Crippen LogP contribution in [0, 0.1) is 0 Å². The van der Waals surface area contributed by atoms with E-state index in [9.17, 15) is 0 Å². The van der Waals surface area contributed by atoms with Crippen molar-refractivity contribution in [2.75, 3.05) is 20.1 Å². The molecule has 0 unspecified atom stereocenters. The minimum absolute atomic E-state index is 1.09. The maximum atomic E-state index is 2.34. The summed E-state index contributed by atoms with van der Waals surface area (Å²) >= 11 is 0. The molecule has 0 spiro atoms. The van der Waals surface area contributed by atoms with Crippen molar-refractivity contribution in [1.29, 1.82) is 0 Å². The first kappa shape index (κ1) is 8.52. The van der Waals surface area contributed by atoms with Gasteiger partial charge < -0.3 is 4.90 Å². The summed E-state index contributed by atoms with van der Waals surface area (Å²) in [5.74, 6) is 0. The molecular formula is C12H15N. The van der Waals surface area contributed by atoms with E-state index < -0.39 is 0 Å². The van der Waals surface area contributed by atoms with Crippen molar-refractivity contribution in [2.24, 2.45) is 0 Å². The number of hydrogen-bond acceptors (Lipinski definition) is 1. The van der Waals surface area contributed by atoms with Crippen molar-refractivity contribution in [3.8, 4) is 0 Å². The van der Waals surface area contributed by atoms with Crippen LogP contribution in [0.25, 0.3) is 5.57 Å². The average Bonchev–Trinajstić information content (AvgIpc) is 2.20. The van der Waals surface area contributed by atoms with Gasteiger partial charge in [0.05, 0.1) is 0 Å². The minimum Gasteiger partial charge on any atom is -0.302 e. The molecule has 0 saturated heterocycles. The lowest BCUT2D eigenvalue weighted by Crippen LogP contribution is -2.23. The Bertz CT molecular complexity index is 300. The number of benzene rings is 1. The predicted octanol–water partition coefficient (Wildman–Crippen LogP) is 2.41. The average molecular weight is 172 g/mol. The van der Waals surface area contributed by atoms with Crippen LogP contribution in [0.15, 0.2) is 36.4 Å². The molecule has 1 heterocycles. The van der Waals surface area contributed by atoms with Gasteiger partial charge in [-0.1, -0.05) is 36.4 Å². The van der Waals surface area contributed by atoms with Gasteiger partial charge in [-0.05, 0) is 24.6 Å². The van der Waals surface area contributed by atoms with Crippen molar-refractivity contribution in [3.05, 3.63) is 42.0 Å². The van der Waals surface area contributed by atoms with E-state index in [2.05, 4.69) is 48.4 Å². The largest absolute Gasteiger partial charge is 0.302 e. The highest BCUT2D eigenvalue weighted by atomic mass is 15.0. The third-order valence-electron chi connectivity index (χ3n) is 2.56. The fourth-order valence-corrected chi connectivity index (χ4v) is 1.69. The van der Waals surface area contributed by atoms with Crippen molar-refractivity contribution < 1.29 is 0 Å². The Labute approximate surface area is 79.7 Å². The zero-order valence-corrected chi connectivity index (χ0v) is 8.03. The Morgan fingerprint density at radius 1 is 1.15 bits per heavy atom. The first-order valence-corrected chi connectivity index (χ1v) is 4.79. The molecule has 2 rings (SSSR count). The third-order valence-corrected chi connectivity index (χ3v) is 2.56. The van der Waals surface area contributed by atoms with Crippen LogP contribution in [0.3, 0.4) is 0 Å². The van der Waals surface area contributed by atoms with Crippen LogP contribution in [0.2, 0.25) is 0 Å². The van der Waals surface area contributed by atoms with E-state index in [1.807, 2.05) is 0 Å². The van der Waals surface area contributed by atoms with Gasteiger partial charge in [-0.25, -0.2) is 0 Å². The fraction of sp³-hybridized carbons (Fsp3) is 0.333. The van der Waals surface area contributed by atoms with Gasteiger partial charge in [0.2, 0.25) is 0 Å². The van der Waals surface area contributed by atoms with Crippen LogP contribution in [0.5, 0.6) is 0 Å². The van der Waals surface area contributed by atoms with Crippen molar-refractivity contribution in [2.45, 2.75) is 6.42 Å². The van der Waals surface area contributed by atoms with Gasteiger partial charge in [0.15, 0.2) is 0 Å². The second-order valence-electron chi connectivity index (χ2n) is 3.61. The van der Waals surface area contributed by atoms with Gasteiger partial charge in [0, 0.05) is 13.1 Å². The van der Waals surface area contributed by atoms with E-state index in [1.165, 1.54) is 24.1 Å². The second kappa shape index (κ2) is 3.75. The molecule has 1 nitrogen and oxygen atoms in total. The normalized spacial score (nSPS) is 18.4. The zero-order valence-electron chi connectivity index (χ0n) is 8.03. The van der Waals surface area contributed by atoms with Gasteiger partial charge >= 0.3 is 0 Å². The SMILES string of the molecule is [11CH3]N1CC=C(c2ccccc2)CC1. The third kappa shape index (κ3) is 1.99. The molecule has 1 aliphatic heterocycles. The molecule has 1 aliphatic rings. The summed E-state index contributed by atoms with van der Waals surface area (Å²) in [6.45, 7) is 2.27. The molecule has 0 aliphatic carbocycles. The highest BCUT2D eigenvalue weighted by molar-refractivity contribution is 5.66. The van der Waals surface area contributed by atoms with Gasteiger partial charge in [0.1, 0.15) is 0 Å². The fourth-order valence-electron chi connectivity index (χ4n) is 1.69. The molecule has 0 saturated carbocycles. The Hall–Kier alpha value is -1.08. The highest BCUT2D eigenvalue weighted by Crippen LogP contribution is 2.20. The molecule has 0 fully saturated rings. The minimum atomic E-state index is 1.09. The molecule has 0 amide bonds. The molecule has 0 N–H and O–H groups in total. The molecule has 68 valence electrons. The first-order valence-electron chi connectivity index (χ1n) is 4.79. The molecule has 0 bridgehead atoms. The topological polar surface area (TPSA) is 3.24 Å². The number of likely N-dealkylation sites (N-methyl/N-ethyl adjacent to an activating group) is 1. The molecule has 13 heavy (non-hydrogen) atoms. The summed E-state index contributed by atoms with van der Waals surface area (Å²) in [5.41, 5.74) is 2.88. The van der Waals surface area contributed by atoms with Crippen molar-refractivity contribution in [1.82, 2.24) is 4.90 Å². The summed E-state index contributed by atoms with van der Waals surface area (Å²) in [4.78, 5) is 2.34. The lowest BCUT2D eigenvalue weighted by Gasteiger charge is -2.21. The quantitative estimate of drug-likeness (QED) is 0.628. The molecule has 0 aromatic heterocycles. The smallest absolute Gasteiger partial charge is 0.0166 e. The lowest BCUT2D eigenvalue weighted by molar-refractivity contribution is 0.370. The summed E-state index contributed by atoms with van der Waals surface area (Å²) in [6, 6.07) is 10.7. The maximum absolute atomic E-state index is 2.34. The van der Waals surface area contributed by atoms with E-state index in [0.717, 1.165) is 6.54 Å². The van der Waals surface area contributed by atoms with Crippen molar-refractivity contribution in [3.63, 3.8) is 0 Å². The molecule has 1 aromatic carbocycles. The van der Waals surface area contributed by atoms with Crippen LogP contribution in [-0.4, -0.2) is 25.0 Å². The Morgan fingerprint density at radius 3 is 2.54 bits per heavy atom. The monoisotopic (exact) mass is 172 g/mol. The summed E-state index contributed by atoms with van der Waals surface area (Å²) in [6.07, 6.45) is 3.51. The van der Waals surface area contributed by atoms with E-state index in [-0.39, 0.29) is 0 Å². The van der Waals surface area contributed by atoms with E-state index in [4.69, 9.17) is 0 Å². The van der Waals surface area contributed by atoms with Gasteiger partial charge in [-0.2, -0.15) is 0 Å². The number of nitrogens with zero attached hydrogens (tertiary/aromatic N) is 1. The molecule has 0 atom stereocenters. The van der Waals surface area contributed by atoms with Crippen LogP contribution < -0.4 is 0 Å². The lowest BCUT2D eigenvalue weighted by atomic mass is 9.99. The van der Waals surface area contributed by atoms with E-state index >= 15 is 0 Å². The molecule has 0 radical (unpaired) electrons. The molecular weight excluding hydrogens is 157 g/mol. The van der Waals surface area contributed by atoms with Gasteiger partial charge in [-0.3, -0.25) is 0 Å². The summed E-state index contributed by atoms with van der Waals surface area (Å²) in [7, 11) is 2.16. The summed E-state index contributed by atoms with van der Waals surface area (Å²) < 4.78 is 0. The Kier molecular flexibility index (Phi) is 2.46. The first-order chi connectivity index (χ1) is 6.36. The van der Waals surface area contributed by atoms with Gasteiger partial charge in [0.25, 0.3) is 0 Å². The molecule has 1 heteroatoms. The summed E-state index contributed by atoms with van der Waals surface area (Å²) in [5, 5.41) is 0. The standard InChI is InChI=1S/C12H15N/c1-13-9-7-12(8-10-13)11-5-3-2-4-6-11/h2-7H,8-10H2,1H3/i1-1. The predicted molar refractivity (Wildman–Crippen MR) is 56.5 cm³/mol. The van der Waals surface area contributed by atoms with Crippen LogP contribution in [0.4, 0.5) is 0 Å². The highest BCUT2D eigenvalue weighted by Gasteiger charge is 2.08. The van der Waals surface area contributed by atoms with Crippen LogP contribution >= 0.6 is 0 Å². The van der Waals surface area contributed by atoms with Crippen LogP contribution in [-0.2, 0) is 0 Å². The Morgan fingerprint density at radius 2 is 1.92 bits per heavy atom. The second-order valence-corrected chi connectivity index (χ2v) is 3.61. The Balaban J connectivity index is 2.19. The molecule has 1 aromatic rings. The zero-order chi connectivity index (χ0) is 9.10. The van der Waals surface area contributed by atoms with Gasteiger partial charge in [-0.15, -0.1) is 0 Å². The van der Waals surface area contributed by atoms with E-state index in [1.54, 1.807) is 0 Å². The maximum Gasteiger partial charge on any atom is 0.0166 e.